The summed E-state index contributed by atoms with van der Waals surface area (Å²) in [7, 11) is 1.71. The van der Waals surface area contributed by atoms with Crippen LogP contribution in [0.4, 0.5) is 0 Å². The fraction of sp³-hybridized carbons (Fsp3) is 0.647. The molecule has 0 amide bonds. The number of hydrogen-bond acceptors (Lipinski definition) is 2. The Morgan fingerprint density at radius 3 is 2.47 bits per heavy atom. The second kappa shape index (κ2) is 8.21. The Labute approximate surface area is 118 Å². The molecular weight excluding hydrogens is 234 g/mol. The lowest BCUT2D eigenvalue weighted by atomic mass is 10.0. The van der Waals surface area contributed by atoms with Gasteiger partial charge in [0.15, 0.2) is 0 Å². The van der Waals surface area contributed by atoms with Crippen LogP contribution < -0.4 is 10.1 Å². The number of nitrogens with one attached hydrogen (secondary N) is 1. The van der Waals surface area contributed by atoms with Crippen molar-refractivity contribution in [3.05, 3.63) is 29.8 Å². The largest absolute Gasteiger partial charge is 0.497 e. The molecule has 1 aromatic rings. The lowest BCUT2D eigenvalue weighted by molar-refractivity contribution is 0.408. The van der Waals surface area contributed by atoms with Gasteiger partial charge in [0.1, 0.15) is 5.75 Å². The predicted molar refractivity (Wildman–Crippen MR) is 82.7 cm³/mol. The van der Waals surface area contributed by atoms with Crippen molar-refractivity contribution in [3.8, 4) is 5.75 Å². The molecule has 2 heteroatoms. The summed E-state index contributed by atoms with van der Waals surface area (Å²) in [6.45, 7) is 9.07. The third-order valence-corrected chi connectivity index (χ3v) is 3.55. The van der Waals surface area contributed by atoms with Crippen molar-refractivity contribution in [1.29, 1.82) is 0 Å². The molecule has 0 saturated carbocycles. The third-order valence-electron chi connectivity index (χ3n) is 3.55. The number of benzene rings is 1. The van der Waals surface area contributed by atoms with E-state index in [1.165, 1.54) is 24.8 Å². The monoisotopic (exact) mass is 263 g/mol. The van der Waals surface area contributed by atoms with Gasteiger partial charge in [-0.15, -0.1) is 0 Å². The Morgan fingerprint density at radius 2 is 1.84 bits per heavy atom. The van der Waals surface area contributed by atoms with E-state index in [0.717, 1.165) is 11.7 Å². The third kappa shape index (κ3) is 6.11. The highest BCUT2D eigenvalue weighted by Crippen LogP contribution is 2.20. The number of hydrogen-bond donors (Lipinski definition) is 1. The van der Waals surface area contributed by atoms with Crippen molar-refractivity contribution in [2.75, 3.05) is 7.11 Å². The van der Waals surface area contributed by atoms with Gasteiger partial charge in [0.25, 0.3) is 0 Å². The minimum Gasteiger partial charge on any atom is -0.497 e. The highest BCUT2D eigenvalue weighted by Gasteiger charge is 2.10. The average molecular weight is 263 g/mol. The summed E-state index contributed by atoms with van der Waals surface area (Å²) < 4.78 is 5.27. The zero-order chi connectivity index (χ0) is 14.3. The first-order chi connectivity index (χ1) is 9.02. The number of rotatable bonds is 8. The fourth-order valence-corrected chi connectivity index (χ4v) is 2.35. The molecule has 0 aliphatic rings. The maximum atomic E-state index is 5.27. The first-order valence-electron chi connectivity index (χ1n) is 7.43. The van der Waals surface area contributed by atoms with Crippen LogP contribution in [-0.4, -0.2) is 13.2 Å². The van der Waals surface area contributed by atoms with Crippen LogP contribution in [0.25, 0.3) is 0 Å². The van der Waals surface area contributed by atoms with Gasteiger partial charge in [0.05, 0.1) is 7.11 Å². The Morgan fingerprint density at radius 1 is 1.11 bits per heavy atom. The molecule has 0 aliphatic heterocycles. The van der Waals surface area contributed by atoms with Crippen LogP contribution in [0.5, 0.6) is 5.75 Å². The highest BCUT2D eigenvalue weighted by molar-refractivity contribution is 5.30. The van der Waals surface area contributed by atoms with Gasteiger partial charge in [-0.2, -0.15) is 0 Å². The van der Waals surface area contributed by atoms with Crippen LogP contribution in [0.3, 0.4) is 0 Å². The Bertz CT molecular complexity index is 362. The van der Waals surface area contributed by atoms with Crippen molar-refractivity contribution >= 4 is 0 Å². The van der Waals surface area contributed by atoms with Gasteiger partial charge in [-0.3, -0.25) is 0 Å². The molecule has 0 heterocycles. The van der Waals surface area contributed by atoms with E-state index in [4.69, 9.17) is 4.74 Å². The summed E-state index contributed by atoms with van der Waals surface area (Å²) in [4.78, 5) is 0. The molecule has 0 fully saturated rings. The zero-order valence-corrected chi connectivity index (χ0v) is 13.1. The predicted octanol–water partition coefficient (Wildman–Crippen LogP) is 4.56. The van der Waals surface area contributed by atoms with Crippen LogP contribution in [0.1, 0.15) is 58.6 Å². The van der Waals surface area contributed by atoms with E-state index < -0.39 is 0 Å². The Kier molecular flexibility index (Phi) is 6.93. The van der Waals surface area contributed by atoms with Crippen LogP contribution >= 0.6 is 0 Å². The standard InChI is InChI=1S/C17H29NO/c1-13(2)8-6-9-14(3)18-15(4)16-10-7-11-17(12-16)19-5/h7,10-15,18H,6,8-9H2,1-5H3. The molecule has 2 unspecified atom stereocenters. The van der Waals surface area contributed by atoms with Crippen molar-refractivity contribution in [1.82, 2.24) is 5.32 Å². The fourth-order valence-electron chi connectivity index (χ4n) is 2.35. The number of ether oxygens (including phenoxy) is 1. The van der Waals surface area contributed by atoms with Gasteiger partial charge in [0, 0.05) is 12.1 Å². The SMILES string of the molecule is COc1cccc(C(C)NC(C)CCCC(C)C)c1. The van der Waals surface area contributed by atoms with Crippen LogP contribution in [0.15, 0.2) is 24.3 Å². The van der Waals surface area contributed by atoms with E-state index in [9.17, 15) is 0 Å². The van der Waals surface area contributed by atoms with E-state index in [1.54, 1.807) is 7.11 Å². The smallest absolute Gasteiger partial charge is 0.119 e. The van der Waals surface area contributed by atoms with E-state index >= 15 is 0 Å². The number of methoxy groups -OCH3 is 1. The first-order valence-corrected chi connectivity index (χ1v) is 7.43. The first kappa shape index (κ1) is 16.0. The van der Waals surface area contributed by atoms with E-state index in [0.29, 0.717) is 12.1 Å². The van der Waals surface area contributed by atoms with Gasteiger partial charge >= 0.3 is 0 Å². The van der Waals surface area contributed by atoms with Crippen molar-refractivity contribution in [2.45, 2.75) is 59.0 Å². The molecule has 0 spiro atoms. The maximum Gasteiger partial charge on any atom is 0.119 e. The molecule has 0 aromatic heterocycles. The average Bonchev–Trinajstić information content (AvgIpc) is 2.38. The second-order valence-electron chi connectivity index (χ2n) is 5.89. The van der Waals surface area contributed by atoms with Crippen molar-refractivity contribution in [2.24, 2.45) is 5.92 Å². The minimum absolute atomic E-state index is 0.365. The van der Waals surface area contributed by atoms with Crippen LogP contribution in [-0.2, 0) is 0 Å². The Hall–Kier alpha value is -1.02. The molecule has 0 aliphatic carbocycles. The molecule has 1 N–H and O–H groups in total. The normalized spacial score (nSPS) is 14.4. The van der Waals surface area contributed by atoms with Gasteiger partial charge in [-0.25, -0.2) is 0 Å². The molecule has 2 atom stereocenters. The molecular formula is C17H29NO. The topological polar surface area (TPSA) is 21.3 Å². The molecule has 108 valence electrons. The summed E-state index contributed by atoms with van der Waals surface area (Å²) in [5.41, 5.74) is 1.29. The lowest BCUT2D eigenvalue weighted by Gasteiger charge is -2.21. The van der Waals surface area contributed by atoms with Gasteiger partial charge < -0.3 is 10.1 Å². The lowest BCUT2D eigenvalue weighted by Crippen LogP contribution is -2.28. The van der Waals surface area contributed by atoms with Crippen molar-refractivity contribution in [3.63, 3.8) is 0 Å². The summed E-state index contributed by atoms with van der Waals surface area (Å²) in [5, 5.41) is 3.67. The van der Waals surface area contributed by atoms with Crippen LogP contribution in [0.2, 0.25) is 0 Å². The summed E-state index contributed by atoms with van der Waals surface area (Å²) in [6, 6.07) is 9.22. The quantitative estimate of drug-likeness (QED) is 0.742. The van der Waals surface area contributed by atoms with E-state index in [-0.39, 0.29) is 0 Å². The maximum absolute atomic E-state index is 5.27. The van der Waals surface area contributed by atoms with E-state index in [1.807, 2.05) is 6.07 Å². The Balaban J connectivity index is 2.42. The molecule has 1 rings (SSSR count). The molecule has 2 nitrogen and oxygen atoms in total. The highest BCUT2D eigenvalue weighted by atomic mass is 16.5. The molecule has 0 saturated heterocycles. The summed E-state index contributed by atoms with van der Waals surface area (Å²) in [5.74, 6) is 1.74. The van der Waals surface area contributed by atoms with E-state index in [2.05, 4.69) is 51.2 Å². The van der Waals surface area contributed by atoms with Gasteiger partial charge in [-0.05, 0) is 43.9 Å². The summed E-state index contributed by atoms with van der Waals surface area (Å²) in [6.07, 6.45) is 3.86. The summed E-state index contributed by atoms with van der Waals surface area (Å²) >= 11 is 0. The second-order valence-corrected chi connectivity index (χ2v) is 5.89. The van der Waals surface area contributed by atoms with Crippen molar-refractivity contribution < 1.29 is 4.74 Å². The van der Waals surface area contributed by atoms with Gasteiger partial charge in [0.2, 0.25) is 0 Å². The van der Waals surface area contributed by atoms with Crippen LogP contribution in [0, 0.1) is 5.92 Å². The van der Waals surface area contributed by atoms with Gasteiger partial charge in [-0.1, -0.05) is 38.8 Å². The molecule has 1 aromatic carbocycles. The molecule has 0 bridgehead atoms. The zero-order valence-electron chi connectivity index (χ0n) is 13.1. The molecule has 0 radical (unpaired) electrons. The molecule has 19 heavy (non-hydrogen) atoms. The minimum atomic E-state index is 0.365.